The summed E-state index contributed by atoms with van der Waals surface area (Å²) in [4.78, 5) is 11.6. The van der Waals surface area contributed by atoms with Crippen LogP contribution in [0.4, 0.5) is 5.69 Å². The molecule has 5 nitrogen and oxygen atoms in total. The molecule has 0 atom stereocenters. The van der Waals surface area contributed by atoms with Gasteiger partial charge in [0.15, 0.2) is 5.69 Å². The van der Waals surface area contributed by atoms with Gasteiger partial charge in [0.05, 0.1) is 5.69 Å². The van der Waals surface area contributed by atoms with Crippen LogP contribution >= 0.6 is 0 Å². The lowest BCUT2D eigenvalue weighted by molar-refractivity contribution is 0.0912. The Labute approximate surface area is 82.3 Å². The summed E-state index contributed by atoms with van der Waals surface area (Å²) in [6, 6.07) is 0.323. The molecule has 1 amide bonds. The number of aromatic nitrogens is 2. The first-order valence-electron chi connectivity index (χ1n) is 4.77. The summed E-state index contributed by atoms with van der Waals surface area (Å²) in [5.41, 5.74) is 6.40. The molecule has 0 saturated heterocycles. The molecule has 0 spiro atoms. The van der Waals surface area contributed by atoms with Crippen LogP contribution in [0.1, 0.15) is 29.8 Å². The quantitative estimate of drug-likeness (QED) is 0.710. The number of anilines is 1. The fourth-order valence-electron chi connectivity index (χ4n) is 1.49. The van der Waals surface area contributed by atoms with E-state index in [2.05, 4.69) is 10.4 Å². The number of hydrogen-bond donors (Lipinski definition) is 2. The third-order valence-electron chi connectivity index (χ3n) is 2.51. The van der Waals surface area contributed by atoms with Gasteiger partial charge in [0.1, 0.15) is 0 Å². The summed E-state index contributed by atoms with van der Waals surface area (Å²) in [5, 5.41) is 6.89. The molecule has 3 N–H and O–H groups in total. The van der Waals surface area contributed by atoms with E-state index in [1.54, 1.807) is 17.9 Å². The molecule has 1 saturated carbocycles. The van der Waals surface area contributed by atoms with Gasteiger partial charge in [0.25, 0.3) is 5.91 Å². The molecule has 1 aromatic rings. The van der Waals surface area contributed by atoms with Crippen molar-refractivity contribution >= 4 is 11.6 Å². The SMILES string of the molecule is Cn1cc(N)c(C(=O)NC2CCC2)n1. The maximum absolute atomic E-state index is 11.6. The van der Waals surface area contributed by atoms with Crippen LogP contribution in [0.2, 0.25) is 0 Å². The Balaban J connectivity index is 2.06. The monoisotopic (exact) mass is 194 g/mol. The third-order valence-corrected chi connectivity index (χ3v) is 2.51. The summed E-state index contributed by atoms with van der Waals surface area (Å²) in [5.74, 6) is -0.159. The summed E-state index contributed by atoms with van der Waals surface area (Å²) in [6.45, 7) is 0. The molecule has 0 radical (unpaired) electrons. The molecule has 1 fully saturated rings. The topological polar surface area (TPSA) is 72.9 Å². The van der Waals surface area contributed by atoms with Crippen molar-refractivity contribution in [3.05, 3.63) is 11.9 Å². The number of rotatable bonds is 2. The van der Waals surface area contributed by atoms with Gasteiger partial charge in [-0.25, -0.2) is 0 Å². The van der Waals surface area contributed by atoms with Gasteiger partial charge < -0.3 is 11.1 Å². The number of nitrogens with one attached hydrogen (secondary N) is 1. The predicted molar refractivity (Wildman–Crippen MR) is 52.7 cm³/mol. The van der Waals surface area contributed by atoms with Crippen molar-refractivity contribution in [2.45, 2.75) is 25.3 Å². The average molecular weight is 194 g/mol. The minimum Gasteiger partial charge on any atom is -0.396 e. The van der Waals surface area contributed by atoms with E-state index < -0.39 is 0 Å². The van der Waals surface area contributed by atoms with Crippen LogP contribution in [0.15, 0.2) is 6.20 Å². The molecule has 5 heteroatoms. The maximum atomic E-state index is 11.6. The summed E-state index contributed by atoms with van der Waals surface area (Å²) < 4.78 is 1.55. The second-order valence-corrected chi connectivity index (χ2v) is 3.71. The van der Waals surface area contributed by atoms with E-state index in [1.165, 1.54) is 6.42 Å². The van der Waals surface area contributed by atoms with Crippen LogP contribution in [0.25, 0.3) is 0 Å². The zero-order valence-electron chi connectivity index (χ0n) is 8.16. The number of nitrogens with two attached hydrogens (primary N) is 1. The highest BCUT2D eigenvalue weighted by Crippen LogP contribution is 2.19. The van der Waals surface area contributed by atoms with Crippen LogP contribution in [0.5, 0.6) is 0 Å². The fourth-order valence-corrected chi connectivity index (χ4v) is 1.49. The Bertz CT molecular complexity index is 354. The molecule has 2 rings (SSSR count). The minimum absolute atomic E-state index is 0.159. The molecule has 0 aliphatic heterocycles. The van der Waals surface area contributed by atoms with Gasteiger partial charge >= 0.3 is 0 Å². The molecule has 0 aromatic carbocycles. The Kier molecular flexibility index (Phi) is 2.15. The van der Waals surface area contributed by atoms with Crippen molar-refractivity contribution < 1.29 is 4.79 Å². The number of aryl methyl sites for hydroxylation is 1. The van der Waals surface area contributed by atoms with Crippen molar-refractivity contribution in [3.63, 3.8) is 0 Å². The summed E-state index contributed by atoms with van der Waals surface area (Å²) >= 11 is 0. The van der Waals surface area contributed by atoms with Crippen LogP contribution in [-0.4, -0.2) is 21.7 Å². The highest BCUT2D eigenvalue weighted by atomic mass is 16.2. The number of amides is 1. The van der Waals surface area contributed by atoms with Crippen molar-refractivity contribution in [1.82, 2.24) is 15.1 Å². The summed E-state index contributed by atoms with van der Waals surface area (Å²) in [7, 11) is 1.75. The van der Waals surface area contributed by atoms with Crippen molar-refractivity contribution in [2.24, 2.45) is 7.05 Å². The summed E-state index contributed by atoms with van der Waals surface area (Å²) in [6.07, 6.45) is 4.97. The van der Waals surface area contributed by atoms with Crippen LogP contribution < -0.4 is 11.1 Å². The molecule has 1 aliphatic carbocycles. The highest BCUT2D eigenvalue weighted by Gasteiger charge is 2.22. The van der Waals surface area contributed by atoms with E-state index in [-0.39, 0.29) is 5.91 Å². The molecule has 1 aliphatic rings. The first-order valence-corrected chi connectivity index (χ1v) is 4.77. The van der Waals surface area contributed by atoms with E-state index in [1.807, 2.05) is 0 Å². The predicted octanol–water partition coefficient (Wildman–Crippen LogP) is 0.285. The zero-order chi connectivity index (χ0) is 10.1. The lowest BCUT2D eigenvalue weighted by Gasteiger charge is -2.25. The molecule has 0 bridgehead atoms. The average Bonchev–Trinajstić information content (AvgIpc) is 2.37. The molecule has 1 aromatic heterocycles. The molecular weight excluding hydrogens is 180 g/mol. The molecule has 14 heavy (non-hydrogen) atoms. The van der Waals surface area contributed by atoms with E-state index in [4.69, 9.17) is 5.73 Å². The number of carbonyl (C=O) groups excluding carboxylic acids is 1. The standard InChI is InChI=1S/C9H14N4O/c1-13-5-7(10)8(12-13)9(14)11-6-3-2-4-6/h5-6H,2-4,10H2,1H3,(H,11,14). The first-order chi connectivity index (χ1) is 6.66. The maximum Gasteiger partial charge on any atom is 0.274 e. The lowest BCUT2D eigenvalue weighted by Crippen LogP contribution is -2.39. The fraction of sp³-hybridized carbons (Fsp3) is 0.556. The van der Waals surface area contributed by atoms with Crippen molar-refractivity contribution in [2.75, 3.05) is 5.73 Å². The van der Waals surface area contributed by atoms with Gasteiger partial charge in [-0.3, -0.25) is 9.48 Å². The van der Waals surface area contributed by atoms with Gasteiger partial charge in [-0.2, -0.15) is 5.10 Å². The van der Waals surface area contributed by atoms with Gasteiger partial charge in [-0.05, 0) is 19.3 Å². The Hall–Kier alpha value is -1.52. The smallest absolute Gasteiger partial charge is 0.274 e. The highest BCUT2D eigenvalue weighted by molar-refractivity contribution is 5.97. The lowest BCUT2D eigenvalue weighted by atomic mass is 9.93. The van der Waals surface area contributed by atoms with E-state index in [9.17, 15) is 4.79 Å². The van der Waals surface area contributed by atoms with E-state index in [0.717, 1.165) is 12.8 Å². The van der Waals surface area contributed by atoms with Gasteiger partial charge in [0, 0.05) is 19.3 Å². The number of carbonyl (C=O) groups is 1. The van der Waals surface area contributed by atoms with Gasteiger partial charge in [-0.1, -0.05) is 0 Å². The van der Waals surface area contributed by atoms with E-state index >= 15 is 0 Å². The number of hydrogen-bond acceptors (Lipinski definition) is 3. The van der Waals surface area contributed by atoms with Crippen molar-refractivity contribution in [3.8, 4) is 0 Å². The van der Waals surface area contributed by atoms with Crippen LogP contribution in [0, 0.1) is 0 Å². The van der Waals surface area contributed by atoms with E-state index in [0.29, 0.717) is 17.4 Å². The minimum atomic E-state index is -0.159. The molecule has 76 valence electrons. The normalized spacial score (nSPS) is 16.4. The first kappa shape index (κ1) is 9.05. The number of nitrogen functional groups attached to an aromatic ring is 1. The zero-order valence-corrected chi connectivity index (χ0v) is 8.16. The van der Waals surface area contributed by atoms with Crippen molar-refractivity contribution in [1.29, 1.82) is 0 Å². The molecule has 0 unspecified atom stereocenters. The van der Waals surface area contributed by atoms with Crippen LogP contribution in [-0.2, 0) is 7.05 Å². The van der Waals surface area contributed by atoms with Crippen LogP contribution in [0.3, 0.4) is 0 Å². The second-order valence-electron chi connectivity index (χ2n) is 3.71. The Morgan fingerprint density at radius 2 is 2.43 bits per heavy atom. The van der Waals surface area contributed by atoms with Gasteiger partial charge in [0.2, 0.25) is 0 Å². The largest absolute Gasteiger partial charge is 0.396 e. The number of nitrogens with zero attached hydrogens (tertiary/aromatic N) is 2. The Morgan fingerprint density at radius 1 is 1.71 bits per heavy atom. The van der Waals surface area contributed by atoms with Gasteiger partial charge in [-0.15, -0.1) is 0 Å². The second kappa shape index (κ2) is 3.32. The molecule has 1 heterocycles. The Morgan fingerprint density at radius 3 is 2.86 bits per heavy atom. The molecular formula is C9H14N4O. The third kappa shape index (κ3) is 1.57.